The number of thiophene rings is 1. The highest BCUT2D eigenvalue weighted by Crippen LogP contribution is 2.12. The van der Waals surface area contributed by atoms with E-state index >= 15 is 0 Å². The molecule has 0 aromatic carbocycles. The lowest BCUT2D eigenvalue weighted by Gasteiger charge is -2.19. The number of nitrogens with zero attached hydrogens (tertiary/aromatic N) is 1. The molecule has 4 nitrogen and oxygen atoms in total. The third-order valence-electron chi connectivity index (χ3n) is 2.10. The second-order valence-corrected chi connectivity index (χ2v) is 4.54. The van der Waals surface area contributed by atoms with Crippen molar-refractivity contribution in [1.29, 1.82) is 0 Å². The van der Waals surface area contributed by atoms with Gasteiger partial charge < -0.3 is 10.0 Å². The number of hydrogen-bond donors (Lipinski definition) is 1. The highest BCUT2D eigenvalue weighted by molar-refractivity contribution is 7.09. The fourth-order valence-corrected chi connectivity index (χ4v) is 2.10. The molecule has 0 aliphatic rings. The first kappa shape index (κ1) is 13.4. The van der Waals surface area contributed by atoms with Crippen LogP contribution < -0.4 is 0 Å². The first-order chi connectivity index (χ1) is 8.13. The molecule has 0 fully saturated rings. The summed E-state index contributed by atoms with van der Waals surface area (Å²) in [6.07, 6.45) is 2.82. The molecule has 17 heavy (non-hydrogen) atoms. The molecule has 0 saturated carbocycles. The molecule has 92 valence electrons. The van der Waals surface area contributed by atoms with Crippen molar-refractivity contribution < 1.29 is 14.7 Å². The summed E-state index contributed by atoms with van der Waals surface area (Å²) in [6.45, 7) is 3.14. The lowest BCUT2D eigenvalue weighted by Crippen LogP contribution is -2.29. The van der Waals surface area contributed by atoms with Gasteiger partial charge in [0.1, 0.15) is 0 Å². The Kier molecular flexibility index (Phi) is 5.42. The molecule has 1 rings (SSSR count). The lowest BCUT2D eigenvalue weighted by molar-refractivity contribution is -0.132. The zero-order valence-electron chi connectivity index (χ0n) is 9.63. The van der Waals surface area contributed by atoms with Crippen LogP contribution in [0.5, 0.6) is 0 Å². The molecule has 5 heteroatoms. The normalized spacial score (nSPS) is 10.6. The third-order valence-corrected chi connectivity index (χ3v) is 2.96. The Balaban J connectivity index is 2.64. The lowest BCUT2D eigenvalue weighted by atomic mass is 10.3. The van der Waals surface area contributed by atoms with Crippen molar-refractivity contribution in [3.63, 3.8) is 0 Å². The largest absolute Gasteiger partial charge is 0.478 e. The van der Waals surface area contributed by atoms with Crippen molar-refractivity contribution in [3.05, 3.63) is 34.5 Å². The van der Waals surface area contributed by atoms with Crippen LogP contribution in [-0.4, -0.2) is 28.4 Å². The van der Waals surface area contributed by atoms with Gasteiger partial charge in [-0.15, -0.1) is 11.3 Å². The molecule has 0 saturated heterocycles. The van der Waals surface area contributed by atoms with Gasteiger partial charge in [0.25, 0.3) is 0 Å². The summed E-state index contributed by atoms with van der Waals surface area (Å²) >= 11 is 1.58. The Labute approximate surface area is 104 Å². The predicted molar refractivity (Wildman–Crippen MR) is 66.8 cm³/mol. The highest BCUT2D eigenvalue weighted by atomic mass is 32.1. The van der Waals surface area contributed by atoms with Gasteiger partial charge in [-0.1, -0.05) is 13.0 Å². The van der Waals surface area contributed by atoms with Gasteiger partial charge >= 0.3 is 5.97 Å². The fourth-order valence-electron chi connectivity index (χ4n) is 1.38. The van der Waals surface area contributed by atoms with E-state index in [1.807, 2.05) is 24.4 Å². The van der Waals surface area contributed by atoms with Gasteiger partial charge in [0.2, 0.25) is 5.91 Å². The van der Waals surface area contributed by atoms with E-state index in [-0.39, 0.29) is 5.91 Å². The van der Waals surface area contributed by atoms with Gasteiger partial charge in [-0.2, -0.15) is 0 Å². The summed E-state index contributed by atoms with van der Waals surface area (Å²) in [7, 11) is 0. The predicted octanol–water partition coefficient (Wildman–Crippen LogP) is 2.13. The molecule has 1 aromatic heterocycles. The van der Waals surface area contributed by atoms with E-state index in [1.165, 1.54) is 0 Å². The Morgan fingerprint density at radius 3 is 2.76 bits per heavy atom. The van der Waals surface area contributed by atoms with Crippen molar-refractivity contribution in [2.24, 2.45) is 0 Å². The molecule has 1 amide bonds. The van der Waals surface area contributed by atoms with E-state index in [0.717, 1.165) is 23.5 Å². The summed E-state index contributed by atoms with van der Waals surface area (Å²) in [5.74, 6) is -1.37. The SMILES string of the molecule is CCCN(Cc1cccs1)C(=O)/C=C/C(=O)O. The average molecular weight is 253 g/mol. The minimum absolute atomic E-state index is 0.261. The number of aliphatic carboxylic acids is 1. The van der Waals surface area contributed by atoms with Gasteiger partial charge in [-0.05, 0) is 17.9 Å². The summed E-state index contributed by atoms with van der Waals surface area (Å²) in [4.78, 5) is 24.8. The maximum Gasteiger partial charge on any atom is 0.328 e. The van der Waals surface area contributed by atoms with Crippen molar-refractivity contribution >= 4 is 23.2 Å². The van der Waals surface area contributed by atoms with Gasteiger partial charge in [-0.25, -0.2) is 4.79 Å². The van der Waals surface area contributed by atoms with Crippen LogP contribution in [0.15, 0.2) is 29.7 Å². The Morgan fingerprint density at radius 1 is 1.47 bits per heavy atom. The van der Waals surface area contributed by atoms with Crippen LogP contribution in [0.2, 0.25) is 0 Å². The Hall–Kier alpha value is -1.62. The minimum Gasteiger partial charge on any atom is -0.478 e. The number of rotatable bonds is 6. The molecule has 0 unspecified atom stereocenters. The van der Waals surface area contributed by atoms with E-state index in [2.05, 4.69) is 0 Å². The van der Waals surface area contributed by atoms with Crippen LogP contribution in [0.25, 0.3) is 0 Å². The highest BCUT2D eigenvalue weighted by Gasteiger charge is 2.11. The van der Waals surface area contributed by atoms with E-state index in [1.54, 1.807) is 16.2 Å². The summed E-state index contributed by atoms with van der Waals surface area (Å²) in [5.41, 5.74) is 0. The van der Waals surface area contributed by atoms with E-state index < -0.39 is 5.97 Å². The molecule has 0 atom stereocenters. The Morgan fingerprint density at radius 2 is 2.24 bits per heavy atom. The maximum atomic E-state index is 11.7. The fraction of sp³-hybridized carbons (Fsp3) is 0.333. The average Bonchev–Trinajstić information content (AvgIpc) is 2.78. The van der Waals surface area contributed by atoms with Crippen LogP contribution in [0.1, 0.15) is 18.2 Å². The van der Waals surface area contributed by atoms with Crippen LogP contribution in [0.4, 0.5) is 0 Å². The number of carboxylic acids is 1. The van der Waals surface area contributed by atoms with Crippen LogP contribution in [0, 0.1) is 0 Å². The van der Waals surface area contributed by atoms with Gasteiger partial charge in [0, 0.05) is 23.6 Å². The minimum atomic E-state index is -1.11. The van der Waals surface area contributed by atoms with Crippen molar-refractivity contribution in [2.45, 2.75) is 19.9 Å². The van der Waals surface area contributed by atoms with Crippen molar-refractivity contribution in [1.82, 2.24) is 4.90 Å². The molecule has 1 aromatic rings. The topological polar surface area (TPSA) is 57.6 Å². The van der Waals surface area contributed by atoms with Crippen LogP contribution >= 0.6 is 11.3 Å². The molecular formula is C12H15NO3S. The van der Waals surface area contributed by atoms with Crippen molar-refractivity contribution in [3.8, 4) is 0 Å². The molecular weight excluding hydrogens is 238 g/mol. The number of carbonyl (C=O) groups excluding carboxylic acids is 1. The second-order valence-electron chi connectivity index (χ2n) is 3.51. The molecule has 0 bridgehead atoms. The molecule has 0 spiro atoms. The van der Waals surface area contributed by atoms with E-state index in [9.17, 15) is 9.59 Å². The van der Waals surface area contributed by atoms with E-state index in [4.69, 9.17) is 5.11 Å². The number of hydrogen-bond acceptors (Lipinski definition) is 3. The van der Waals surface area contributed by atoms with Crippen LogP contribution in [-0.2, 0) is 16.1 Å². The number of carbonyl (C=O) groups is 2. The molecule has 0 aliphatic carbocycles. The quantitative estimate of drug-likeness (QED) is 0.790. The Bertz CT molecular complexity index is 398. The smallest absolute Gasteiger partial charge is 0.328 e. The van der Waals surface area contributed by atoms with E-state index in [0.29, 0.717) is 13.1 Å². The standard InChI is InChI=1S/C12H15NO3S/c1-2-7-13(9-10-4-3-8-17-10)11(14)5-6-12(15)16/h3-6,8H,2,7,9H2,1H3,(H,15,16)/b6-5+. The summed E-state index contributed by atoms with van der Waals surface area (Å²) in [5, 5.41) is 10.4. The summed E-state index contributed by atoms with van der Waals surface area (Å²) < 4.78 is 0. The second kappa shape index (κ2) is 6.85. The van der Waals surface area contributed by atoms with Crippen LogP contribution in [0.3, 0.4) is 0 Å². The maximum absolute atomic E-state index is 11.7. The van der Waals surface area contributed by atoms with Crippen molar-refractivity contribution in [2.75, 3.05) is 6.54 Å². The zero-order valence-corrected chi connectivity index (χ0v) is 10.4. The monoisotopic (exact) mass is 253 g/mol. The number of amides is 1. The summed E-state index contributed by atoms with van der Waals surface area (Å²) in [6, 6.07) is 3.89. The van der Waals surface area contributed by atoms with Gasteiger partial charge in [0.05, 0.1) is 6.54 Å². The first-order valence-electron chi connectivity index (χ1n) is 5.35. The zero-order chi connectivity index (χ0) is 12.7. The van der Waals surface area contributed by atoms with Gasteiger partial charge in [0.15, 0.2) is 0 Å². The number of carboxylic acid groups (broad SMARTS) is 1. The first-order valence-corrected chi connectivity index (χ1v) is 6.23. The molecule has 0 aliphatic heterocycles. The third kappa shape index (κ3) is 4.82. The molecule has 1 N–H and O–H groups in total. The van der Waals surface area contributed by atoms with Gasteiger partial charge in [-0.3, -0.25) is 4.79 Å². The molecule has 1 heterocycles. The molecule has 0 radical (unpaired) electrons.